The molecule has 0 spiro atoms. The first kappa shape index (κ1) is 17.0. The van der Waals surface area contributed by atoms with Crippen LogP contribution in [0, 0.1) is 21.4 Å². The fourth-order valence-corrected chi connectivity index (χ4v) is 1.97. The topological polar surface area (TPSA) is 111 Å². The summed E-state index contributed by atoms with van der Waals surface area (Å²) in [6, 6.07) is 4.22. The van der Waals surface area contributed by atoms with Gasteiger partial charge in [0.15, 0.2) is 5.75 Å². The summed E-state index contributed by atoms with van der Waals surface area (Å²) in [5.74, 6) is -1.42. The molecule has 0 aliphatic rings. The zero-order chi connectivity index (χ0) is 16.9. The molecule has 2 N–H and O–H groups in total. The van der Waals surface area contributed by atoms with Crippen LogP contribution in [0.15, 0.2) is 30.0 Å². The van der Waals surface area contributed by atoms with E-state index >= 15 is 0 Å². The zero-order valence-electron chi connectivity index (χ0n) is 12.4. The number of aromatic hydroxyl groups is 2. The quantitative estimate of drug-likeness (QED) is 0.275. The van der Waals surface area contributed by atoms with Gasteiger partial charge in [-0.2, -0.15) is 5.26 Å². The van der Waals surface area contributed by atoms with Gasteiger partial charge in [-0.05, 0) is 31.6 Å². The molecule has 1 rings (SSSR count). The van der Waals surface area contributed by atoms with Crippen LogP contribution in [0.2, 0.25) is 0 Å². The van der Waals surface area contributed by atoms with Gasteiger partial charge in [0.25, 0.3) is 0 Å². The minimum Gasteiger partial charge on any atom is -0.504 e. The van der Waals surface area contributed by atoms with E-state index in [0.29, 0.717) is 18.8 Å². The minimum absolute atomic E-state index is 0.225. The second kappa shape index (κ2) is 7.13. The number of benzene rings is 1. The van der Waals surface area contributed by atoms with Crippen molar-refractivity contribution in [2.24, 2.45) is 0 Å². The molecule has 0 saturated heterocycles. The van der Waals surface area contributed by atoms with E-state index in [-0.39, 0.29) is 11.1 Å². The summed E-state index contributed by atoms with van der Waals surface area (Å²) in [5.41, 5.74) is 0.314. The lowest BCUT2D eigenvalue weighted by molar-refractivity contribution is -0.386. The van der Waals surface area contributed by atoms with Crippen molar-refractivity contribution in [1.29, 1.82) is 5.26 Å². The molecular weight excluding hydrogens is 286 g/mol. The molecule has 0 atom stereocenters. The number of nitro groups is 1. The third-order valence-electron chi connectivity index (χ3n) is 3.18. The lowest BCUT2D eigenvalue weighted by atomic mass is 10.1. The maximum Gasteiger partial charge on any atom is 0.315 e. The Balaban J connectivity index is 3.33. The van der Waals surface area contributed by atoms with Crippen molar-refractivity contribution in [2.45, 2.75) is 13.8 Å². The first-order chi connectivity index (χ1) is 10.3. The van der Waals surface area contributed by atoms with E-state index in [9.17, 15) is 25.6 Å². The Morgan fingerprint density at radius 3 is 2.50 bits per heavy atom. The number of nitrogens with zero attached hydrogens (tertiary/aromatic N) is 3. The zero-order valence-corrected chi connectivity index (χ0v) is 12.4. The predicted octanol–water partition coefficient (Wildman–Crippen LogP) is 2.77. The molecule has 0 fully saturated rings. The molecule has 0 saturated carbocycles. The molecule has 0 bridgehead atoms. The number of hydrogen-bond donors (Lipinski definition) is 2. The van der Waals surface area contributed by atoms with Crippen molar-refractivity contribution >= 4 is 11.8 Å². The largest absolute Gasteiger partial charge is 0.504 e. The lowest BCUT2D eigenvalue weighted by Crippen LogP contribution is -2.22. The smallest absolute Gasteiger partial charge is 0.315 e. The van der Waals surface area contributed by atoms with E-state index in [4.69, 9.17) is 0 Å². The summed E-state index contributed by atoms with van der Waals surface area (Å²) in [4.78, 5) is 11.9. The number of nitro benzene ring substituents is 1. The van der Waals surface area contributed by atoms with Gasteiger partial charge >= 0.3 is 5.69 Å². The summed E-state index contributed by atoms with van der Waals surface area (Å²) < 4.78 is 0. The SMILES string of the molecule is C=C(/C(C#N)=C/c1cc(O)c(O)c([N+](=O)[O-])c1)N(CC)CC. The molecule has 22 heavy (non-hydrogen) atoms. The summed E-state index contributed by atoms with van der Waals surface area (Å²) >= 11 is 0. The van der Waals surface area contributed by atoms with Crippen LogP contribution in [0.4, 0.5) is 5.69 Å². The summed E-state index contributed by atoms with van der Waals surface area (Å²) in [5, 5.41) is 39.1. The second-order valence-corrected chi connectivity index (χ2v) is 4.45. The number of phenols is 2. The molecule has 0 radical (unpaired) electrons. The molecule has 0 amide bonds. The molecular formula is C15H17N3O4. The average molecular weight is 303 g/mol. The van der Waals surface area contributed by atoms with Crippen molar-refractivity contribution in [3.05, 3.63) is 45.7 Å². The highest BCUT2D eigenvalue weighted by Gasteiger charge is 2.19. The van der Waals surface area contributed by atoms with E-state index in [1.165, 1.54) is 6.08 Å². The van der Waals surface area contributed by atoms with Gasteiger partial charge < -0.3 is 15.1 Å². The van der Waals surface area contributed by atoms with Gasteiger partial charge in [-0.15, -0.1) is 0 Å². The third-order valence-corrected chi connectivity index (χ3v) is 3.18. The Labute approximate surface area is 128 Å². The lowest BCUT2D eigenvalue weighted by Gasteiger charge is -2.22. The number of allylic oxidation sites excluding steroid dienone is 1. The van der Waals surface area contributed by atoms with Gasteiger partial charge in [0, 0.05) is 24.9 Å². The van der Waals surface area contributed by atoms with E-state index in [1.54, 1.807) is 0 Å². The fraction of sp³-hybridized carbons (Fsp3) is 0.267. The van der Waals surface area contributed by atoms with Crippen LogP contribution in [0.3, 0.4) is 0 Å². The highest BCUT2D eigenvalue weighted by atomic mass is 16.6. The van der Waals surface area contributed by atoms with E-state index in [1.807, 2.05) is 24.8 Å². The van der Waals surface area contributed by atoms with Gasteiger partial charge in [0.05, 0.1) is 10.5 Å². The first-order valence-electron chi connectivity index (χ1n) is 6.62. The van der Waals surface area contributed by atoms with Gasteiger partial charge in [-0.3, -0.25) is 10.1 Å². The van der Waals surface area contributed by atoms with Crippen LogP contribution < -0.4 is 0 Å². The monoisotopic (exact) mass is 303 g/mol. The van der Waals surface area contributed by atoms with Gasteiger partial charge in [-0.25, -0.2) is 0 Å². The Kier molecular flexibility index (Phi) is 5.52. The van der Waals surface area contributed by atoms with E-state index in [0.717, 1.165) is 12.1 Å². The van der Waals surface area contributed by atoms with Crippen LogP contribution in [0.1, 0.15) is 19.4 Å². The van der Waals surface area contributed by atoms with Gasteiger partial charge in [0.2, 0.25) is 5.75 Å². The van der Waals surface area contributed by atoms with Crippen molar-refractivity contribution in [2.75, 3.05) is 13.1 Å². The number of phenolic OH excluding ortho intramolecular Hbond substituents is 2. The van der Waals surface area contributed by atoms with Crippen molar-refractivity contribution < 1.29 is 15.1 Å². The van der Waals surface area contributed by atoms with Gasteiger partial charge in [0.1, 0.15) is 6.07 Å². The average Bonchev–Trinajstić information content (AvgIpc) is 2.48. The van der Waals surface area contributed by atoms with Crippen LogP contribution in [0.5, 0.6) is 11.5 Å². The normalized spacial score (nSPS) is 10.9. The van der Waals surface area contributed by atoms with Crippen LogP contribution >= 0.6 is 0 Å². The number of nitriles is 1. The van der Waals surface area contributed by atoms with Gasteiger partial charge in [-0.1, -0.05) is 6.58 Å². The third kappa shape index (κ3) is 3.55. The van der Waals surface area contributed by atoms with Crippen molar-refractivity contribution in [1.82, 2.24) is 4.90 Å². The maximum absolute atomic E-state index is 10.8. The molecule has 0 aromatic heterocycles. The summed E-state index contributed by atoms with van der Waals surface area (Å²) in [6.07, 6.45) is 1.38. The molecule has 7 nitrogen and oxygen atoms in total. The minimum atomic E-state index is -0.808. The standard InChI is InChI=1S/C15H17N3O4/c1-4-17(5-2)10(3)12(9-16)6-11-7-13(18(21)22)15(20)14(19)8-11/h6-8,19-20H,3-5H2,1-2H3/b12-6+. The Morgan fingerprint density at radius 2 is 2.05 bits per heavy atom. The first-order valence-corrected chi connectivity index (χ1v) is 6.62. The molecule has 1 aromatic carbocycles. The highest BCUT2D eigenvalue weighted by Crippen LogP contribution is 2.36. The molecule has 116 valence electrons. The van der Waals surface area contributed by atoms with Crippen molar-refractivity contribution in [3.63, 3.8) is 0 Å². The molecule has 1 aromatic rings. The summed E-state index contributed by atoms with van der Waals surface area (Å²) in [6.45, 7) is 9.01. The molecule has 7 heteroatoms. The number of likely N-dealkylation sites (N-methyl/N-ethyl adjacent to an activating group) is 1. The molecule has 0 aliphatic heterocycles. The van der Waals surface area contributed by atoms with Crippen molar-refractivity contribution in [3.8, 4) is 17.6 Å². The maximum atomic E-state index is 10.8. The number of rotatable bonds is 6. The second-order valence-electron chi connectivity index (χ2n) is 4.45. The molecule has 0 unspecified atom stereocenters. The number of hydrogen-bond acceptors (Lipinski definition) is 6. The van der Waals surface area contributed by atoms with E-state index < -0.39 is 22.1 Å². The Hall–Kier alpha value is -3.01. The highest BCUT2D eigenvalue weighted by molar-refractivity contribution is 5.69. The van der Waals surface area contributed by atoms with Crippen LogP contribution in [-0.2, 0) is 0 Å². The Bertz CT molecular complexity index is 670. The van der Waals surface area contributed by atoms with Crippen LogP contribution in [-0.4, -0.2) is 33.1 Å². The van der Waals surface area contributed by atoms with Crippen LogP contribution in [0.25, 0.3) is 6.08 Å². The van der Waals surface area contributed by atoms with E-state index in [2.05, 4.69) is 6.58 Å². The predicted molar refractivity (Wildman–Crippen MR) is 82.1 cm³/mol. The molecule has 0 heterocycles. The Morgan fingerprint density at radius 1 is 1.45 bits per heavy atom. The fourth-order valence-electron chi connectivity index (χ4n) is 1.97. The summed E-state index contributed by atoms with van der Waals surface area (Å²) in [7, 11) is 0. The molecule has 0 aliphatic carbocycles.